The molecule has 0 aliphatic heterocycles. The van der Waals surface area contributed by atoms with Crippen molar-refractivity contribution in [1.82, 2.24) is 15.2 Å². The Hall–Kier alpha value is -3.17. The van der Waals surface area contributed by atoms with E-state index in [1.165, 1.54) is 6.92 Å². The van der Waals surface area contributed by atoms with Crippen LogP contribution in [0.25, 0.3) is 11.3 Å². The lowest BCUT2D eigenvalue weighted by molar-refractivity contribution is -0.116. The van der Waals surface area contributed by atoms with Gasteiger partial charge >= 0.3 is 0 Å². The Kier molecular flexibility index (Phi) is 7.66. The Morgan fingerprint density at radius 1 is 1.16 bits per heavy atom. The number of nitrogens with one attached hydrogen (secondary N) is 3. The molecule has 1 aromatic heterocycles. The average Bonchev–Trinajstić information content (AvgIpc) is 2.75. The molecule has 3 N–H and O–H groups in total. The molecule has 32 heavy (non-hydrogen) atoms. The molecule has 0 saturated heterocycles. The Morgan fingerprint density at radius 3 is 2.56 bits per heavy atom. The quantitative estimate of drug-likeness (QED) is 0.443. The summed E-state index contributed by atoms with van der Waals surface area (Å²) in [5.41, 5.74) is 2.02. The number of halogens is 1. The van der Waals surface area contributed by atoms with Crippen molar-refractivity contribution in [1.29, 1.82) is 0 Å². The first-order valence-electron chi connectivity index (χ1n) is 9.86. The first kappa shape index (κ1) is 23.5. The summed E-state index contributed by atoms with van der Waals surface area (Å²) in [4.78, 5) is 39.5. The topological polar surface area (TPSA) is 117 Å². The summed E-state index contributed by atoms with van der Waals surface area (Å²) in [7, 11) is 0. The molecule has 10 heteroatoms. The molecule has 0 radical (unpaired) electrons. The lowest BCUT2D eigenvalue weighted by Crippen LogP contribution is -2.25. The van der Waals surface area contributed by atoms with Gasteiger partial charge in [-0.25, -0.2) is 0 Å². The van der Waals surface area contributed by atoms with Crippen molar-refractivity contribution in [2.45, 2.75) is 37.6 Å². The molecule has 0 saturated carbocycles. The van der Waals surface area contributed by atoms with E-state index in [1.54, 1.807) is 36.4 Å². The molecule has 3 aromatic rings. The Balaban J connectivity index is 1.78. The normalized spacial score (nSPS) is 11.6. The second-order valence-corrected chi connectivity index (χ2v) is 8.60. The zero-order chi connectivity index (χ0) is 23.3. The van der Waals surface area contributed by atoms with Gasteiger partial charge in [0.2, 0.25) is 11.8 Å². The van der Waals surface area contributed by atoms with Gasteiger partial charge in [-0.15, -0.1) is 10.2 Å². The predicted molar refractivity (Wildman–Crippen MR) is 127 cm³/mol. The maximum Gasteiger partial charge on any atom is 0.278 e. The van der Waals surface area contributed by atoms with Gasteiger partial charge < -0.3 is 10.6 Å². The van der Waals surface area contributed by atoms with E-state index in [9.17, 15) is 14.4 Å². The number of aryl methyl sites for hydroxylation is 1. The molecular weight excluding hydrogens is 450 g/mol. The van der Waals surface area contributed by atoms with Gasteiger partial charge in [0.25, 0.3) is 5.56 Å². The van der Waals surface area contributed by atoms with Gasteiger partial charge in [0.05, 0.1) is 10.9 Å². The molecule has 0 unspecified atom stereocenters. The Bertz CT molecular complexity index is 1210. The number of H-pyrrole nitrogens is 1. The van der Waals surface area contributed by atoms with Crippen molar-refractivity contribution >= 4 is 46.6 Å². The number of rotatable bonds is 7. The van der Waals surface area contributed by atoms with Crippen LogP contribution in [0.4, 0.5) is 11.4 Å². The molecule has 1 heterocycles. The average molecular weight is 472 g/mol. The van der Waals surface area contributed by atoms with Gasteiger partial charge in [-0.05, 0) is 37.1 Å². The fourth-order valence-corrected chi connectivity index (χ4v) is 3.91. The fourth-order valence-electron chi connectivity index (χ4n) is 2.89. The van der Waals surface area contributed by atoms with E-state index in [-0.39, 0.29) is 22.7 Å². The van der Waals surface area contributed by atoms with E-state index in [0.717, 1.165) is 17.3 Å². The number of carbonyl (C=O) groups excluding carboxylic acids is 2. The third kappa shape index (κ3) is 5.74. The van der Waals surface area contributed by atoms with Crippen molar-refractivity contribution < 1.29 is 9.59 Å². The van der Waals surface area contributed by atoms with Crippen LogP contribution in [-0.4, -0.2) is 32.2 Å². The number of hydrogen-bond donors (Lipinski definition) is 3. The first-order chi connectivity index (χ1) is 15.3. The number of nitrogens with zero attached hydrogens (tertiary/aromatic N) is 2. The van der Waals surface area contributed by atoms with E-state index in [4.69, 9.17) is 11.6 Å². The molecule has 1 atom stereocenters. The smallest absolute Gasteiger partial charge is 0.278 e. The van der Waals surface area contributed by atoms with Gasteiger partial charge in [-0.2, -0.15) is 0 Å². The monoisotopic (exact) mass is 471 g/mol. The summed E-state index contributed by atoms with van der Waals surface area (Å²) in [6.07, 6.45) is 0.507. The van der Waals surface area contributed by atoms with Crippen LogP contribution >= 0.6 is 23.4 Å². The van der Waals surface area contributed by atoms with Crippen LogP contribution in [-0.2, 0) is 9.59 Å². The van der Waals surface area contributed by atoms with Gasteiger partial charge in [0, 0.05) is 23.2 Å². The molecule has 0 fully saturated rings. The summed E-state index contributed by atoms with van der Waals surface area (Å²) in [5.74, 6) is -0.499. The summed E-state index contributed by atoms with van der Waals surface area (Å²) in [6, 6.07) is 12.1. The largest absolute Gasteiger partial charge is 0.326 e. The van der Waals surface area contributed by atoms with Crippen LogP contribution in [0.3, 0.4) is 0 Å². The third-order valence-corrected chi connectivity index (χ3v) is 6.17. The standard InChI is InChI=1S/C22H22ClN5O3S/c1-4-18(20(30)25-14-10-9-12(2)16(23)11-14)32-22-26-21(31)19(27-28-22)15-7-5-6-8-17(15)24-13(3)29/h5-11,18H,4H2,1-3H3,(H,24,29)(H,25,30)(H,26,28,31)/t18-/m0/s1. The zero-order valence-electron chi connectivity index (χ0n) is 17.7. The van der Waals surface area contributed by atoms with Crippen LogP contribution in [0.5, 0.6) is 0 Å². The highest BCUT2D eigenvalue weighted by Gasteiger charge is 2.21. The Labute approximate surface area is 194 Å². The highest BCUT2D eigenvalue weighted by atomic mass is 35.5. The minimum atomic E-state index is -0.502. The minimum absolute atomic E-state index is 0.0745. The highest BCUT2D eigenvalue weighted by molar-refractivity contribution is 8.00. The molecule has 0 bridgehead atoms. The lowest BCUT2D eigenvalue weighted by Gasteiger charge is -2.14. The third-order valence-electron chi connectivity index (χ3n) is 4.53. The molecule has 166 valence electrons. The number of hydrogen-bond acceptors (Lipinski definition) is 6. The van der Waals surface area contributed by atoms with Gasteiger partial charge in [0.15, 0.2) is 10.9 Å². The minimum Gasteiger partial charge on any atom is -0.326 e. The van der Waals surface area contributed by atoms with E-state index in [2.05, 4.69) is 25.8 Å². The maximum atomic E-state index is 12.7. The number of aromatic nitrogens is 3. The molecule has 2 amide bonds. The second kappa shape index (κ2) is 10.4. The molecule has 2 aromatic carbocycles. The number of benzene rings is 2. The van der Waals surface area contributed by atoms with Crippen LogP contribution in [0.15, 0.2) is 52.4 Å². The fraction of sp³-hybridized carbons (Fsp3) is 0.227. The van der Waals surface area contributed by atoms with E-state index < -0.39 is 10.8 Å². The van der Waals surface area contributed by atoms with Gasteiger partial charge in [-0.3, -0.25) is 19.4 Å². The second-order valence-electron chi connectivity index (χ2n) is 7.00. The number of carbonyl (C=O) groups is 2. The van der Waals surface area contributed by atoms with Crippen molar-refractivity contribution in [3.05, 3.63) is 63.4 Å². The first-order valence-corrected chi connectivity index (χ1v) is 11.1. The van der Waals surface area contributed by atoms with Crippen LogP contribution < -0.4 is 16.2 Å². The molecule has 0 aliphatic rings. The summed E-state index contributed by atoms with van der Waals surface area (Å²) in [6.45, 7) is 5.13. The number of thioether (sulfide) groups is 1. The van der Waals surface area contributed by atoms with Crippen molar-refractivity contribution in [2.75, 3.05) is 10.6 Å². The Morgan fingerprint density at radius 2 is 1.91 bits per heavy atom. The maximum absolute atomic E-state index is 12.7. The lowest BCUT2D eigenvalue weighted by atomic mass is 10.1. The van der Waals surface area contributed by atoms with Gasteiger partial charge in [-0.1, -0.05) is 54.6 Å². The summed E-state index contributed by atoms with van der Waals surface area (Å²) < 4.78 is 0. The number of aromatic amines is 1. The number of para-hydroxylation sites is 1. The molecule has 0 aliphatic carbocycles. The van der Waals surface area contributed by atoms with Crippen molar-refractivity contribution in [3.8, 4) is 11.3 Å². The number of anilines is 2. The SMILES string of the molecule is CC[C@H](Sc1nnc(-c2ccccc2NC(C)=O)c(=O)[nH]1)C(=O)Nc1ccc(C)c(Cl)c1. The van der Waals surface area contributed by atoms with E-state index in [0.29, 0.717) is 28.4 Å². The zero-order valence-corrected chi connectivity index (χ0v) is 19.3. The van der Waals surface area contributed by atoms with Gasteiger partial charge in [0.1, 0.15) is 0 Å². The summed E-state index contributed by atoms with van der Waals surface area (Å²) in [5, 5.41) is 13.9. The number of amides is 2. The molecule has 0 spiro atoms. The molecule has 3 rings (SSSR count). The van der Waals surface area contributed by atoms with Crippen LogP contribution in [0, 0.1) is 6.92 Å². The molecular formula is C22H22ClN5O3S. The van der Waals surface area contributed by atoms with Crippen LogP contribution in [0.1, 0.15) is 25.8 Å². The van der Waals surface area contributed by atoms with E-state index in [1.807, 2.05) is 19.9 Å². The van der Waals surface area contributed by atoms with Crippen molar-refractivity contribution in [2.24, 2.45) is 0 Å². The van der Waals surface area contributed by atoms with Crippen LogP contribution in [0.2, 0.25) is 5.02 Å². The molecule has 8 nitrogen and oxygen atoms in total. The predicted octanol–water partition coefficient (Wildman–Crippen LogP) is 4.26. The van der Waals surface area contributed by atoms with E-state index >= 15 is 0 Å². The van der Waals surface area contributed by atoms with Crippen molar-refractivity contribution in [3.63, 3.8) is 0 Å². The summed E-state index contributed by atoms with van der Waals surface area (Å²) >= 11 is 7.24. The highest BCUT2D eigenvalue weighted by Crippen LogP contribution is 2.26.